The number of primary amides is 1. The second-order valence-corrected chi connectivity index (χ2v) is 31.5. The molecule has 3 heterocycles. The monoisotopic (exact) mass is 1630 g/mol. The number of rotatable bonds is 58. The Balaban J connectivity index is 1.02. The van der Waals surface area contributed by atoms with Gasteiger partial charge in [0.15, 0.2) is 11.6 Å². The molecule has 0 bridgehead atoms. The van der Waals surface area contributed by atoms with Gasteiger partial charge in [-0.2, -0.15) is 0 Å². The molecule has 634 valence electrons. The lowest BCUT2D eigenvalue weighted by Crippen LogP contribution is -2.55. The maximum Gasteiger partial charge on any atom is 0.408 e. The van der Waals surface area contributed by atoms with E-state index in [-0.39, 0.29) is 136 Å². The first kappa shape index (κ1) is 96.7. The highest BCUT2D eigenvalue weighted by Gasteiger charge is 2.44. The molecule has 30 nitrogen and oxygen atoms in total. The Hall–Kier alpha value is -7.92. The minimum absolute atomic E-state index is 0.0267. The van der Waals surface area contributed by atoms with E-state index in [0.717, 1.165) is 22.0 Å². The fourth-order valence-corrected chi connectivity index (χ4v) is 14.5. The van der Waals surface area contributed by atoms with E-state index in [1.165, 1.54) is 36.4 Å². The summed E-state index contributed by atoms with van der Waals surface area (Å²) in [5.41, 5.74) is 6.09. The van der Waals surface area contributed by atoms with Crippen LogP contribution >= 0.6 is 23.1 Å². The summed E-state index contributed by atoms with van der Waals surface area (Å²) in [4.78, 5) is 152. The Morgan fingerprint density at radius 1 is 0.711 bits per heavy atom. The lowest BCUT2D eigenvalue weighted by molar-refractivity contribution is -0.149. The number of hydrogen-bond donors (Lipinski definition) is 6. The molecule has 1 aliphatic heterocycles. The maximum atomic E-state index is 14.8. The third-order valence-corrected chi connectivity index (χ3v) is 21.8. The number of hydrogen-bond acceptors (Lipinski definition) is 24. The summed E-state index contributed by atoms with van der Waals surface area (Å²) in [5, 5.41) is 17.1. The van der Waals surface area contributed by atoms with Crippen LogP contribution in [0.4, 0.5) is 15.3 Å². The first-order valence-corrected chi connectivity index (χ1v) is 41.6. The molecule has 2 aromatic heterocycles. The number of nitrogens with zero attached hydrogens (tertiary/aromatic N) is 5. The molecule has 5 rings (SSSR count). The van der Waals surface area contributed by atoms with Crippen molar-refractivity contribution < 1.29 is 90.6 Å². The number of benzene rings is 2. The predicted octanol–water partition coefficient (Wildman–Crippen LogP) is 8.82. The molecular weight excluding hydrogens is 1510 g/mol. The topological polar surface area (TPSA) is 385 Å². The summed E-state index contributed by atoms with van der Waals surface area (Å²) in [7, 11) is 4.80. The average molecular weight is 1630 g/mol. The van der Waals surface area contributed by atoms with Crippen molar-refractivity contribution in [3.05, 3.63) is 100 Å². The molecule has 0 radical (unpaired) electrons. The average Bonchev–Trinajstić information content (AvgIpc) is 1.47. The highest BCUT2D eigenvalue weighted by molar-refractivity contribution is 7.98. The van der Waals surface area contributed by atoms with Crippen LogP contribution in [0.15, 0.2) is 83.6 Å². The van der Waals surface area contributed by atoms with Crippen molar-refractivity contribution in [2.24, 2.45) is 41.2 Å². The smallest absolute Gasteiger partial charge is 0.408 e. The molecule has 7 N–H and O–H groups in total. The van der Waals surface area contributed by atoms with Gasteiger partial charge in [0.05, 0.1) is 139 Å². The van der Waals surface area contributed by atoms with Gasteiger partial charge in [0.25, 0.3) is 5.91 Å². The highest BCUT2D eigenvalue weighted by atomic mass is 32.2. The molecule has 1 aliphatic rings. The molecule has 8 amide bonds. The predicted molar refractivity (Wildman–Crippen MR) is 434 cm³/mol. The van der Waals surface area contributed by atoms with E-state index in [0.29, 0.717) is 109 Å². The molecule has 114 heavy (non-hydrogen) atoms. The molecule has 0 saturated carbocycles. The number of amides is 8. The van der Waals surface area contributed by atoms with Gasteiger partial charge in [-0.1, -0.05) is 97.4 Å². The van der Waals surface area contributed by atoms with Crippen molar-refractivity contribution in [1.29, 1.82) is 0 Å². The minimum Gasteiger partial charge on any atom is -0.445 e. The molecular formula is C82H125N11O19S2. The van der Waals surface area contributed by atoms with Crippen LogP contribution in [0.25, 0.3) is 0 Å². The number of carbonyl (C=O) groups is 10. The van der Waals surface area contributed by atoms with E-state index < -0.39 is 77.3 Å². The Bertz CT molecular complexity index is 3550. The number of alkyl carbamates (subject to hydrolysis) is 1. The summed E-state index contributed by atoms with van der Waals surface area (Å²) < 4.78 is 51.1. The summed E-state index contributed by atoms with van der Waals surface area (Å²) in [5.74, 6) is -5.53. The van der Waals surface area contributed by atoms with Crippen LogP contribution in [-0.4, -0.2) is 246 Å². The minimum atomic E-state index is -1.48. The third kappa shape index (κ3) is 34.1. The molecule has 1 fully saturated rings. The van der Waals surface area contributed by atoms with Crippen LogP contribution in [0.1, 0.15) is 159 Å². The zero-order valence-electron chi connectivity index (χ0n) is 68.9. The number of likely N-dealkylation sites (tertiary alicyclic amines) is 1. The van der Waals surface area contributed by atoms with E-state index in [2.05, 4.69) is 53.7 Å². The van der Waals surface area contributed by atoms with Crippen LogP contribution in [0, 0.1) is 35.5 Å². The van der Waals surface area contributed by atoms with Crippen molar-refractivity contribution in [1.82, 2.24) is 46.0 Å². The van der Waals surface area contributed by atoms with E-state index in [1.54, 1.807) is 83.4 Å². The molecule has 4 aromatic rings. The summed E-state index contributed by atoms with van der Waals surface area (Å²) in [6.45, 7) is 20.8. The number of nitrogens with two attached hydrogens (primary N) is 1. The number of anilines is 1. The lowest BCUT2D eigenvalue weighted by atomic mass is 9.83. The number of Topliss-reactive ketones (excluding diaryl/α,β-unsaturated/α-hetero) is 3. The van der Waals surface area contributed by atoms with Gasteiger partial charge in [0.1, 0.15) is 23.1 Å². The number of urea groups is 1. The molecule has 0 aliphatic carbocycles. The Morgan fingerprint density at radius 3 is 1.89 bits per heavy atom. The number of ether oxygens (including phenoxy) is 9. The van der Waals surface area contributed by atoms with Gasteiger partial charge >= 0.3 is 12.1 Å². The molecule has 10 atom stereocenters. The lowest BCUT2D eigenvalue weighted by Gasteiger charge is -2.41. The van der Waals surface area contributed by atoms with E-state index in [9.17, 15) is 47.9 Å². The largest absolute Gasteiger partial charge is 0.445 e. The molecule has 0 unspecified atom stereocenters. The number of ketones is 3. The highest BCUT2D eigenvalue weighted by Crippen LogP contribution is 2.34. The maximum absolute atomic E-state index is 14.8. The summed E-state index contributed by atoms with van der Waals surface area (Å²) >= 11 is 2.98. The van der Waals surface area contributed by atoms with E-state index >= 15 is 0 Å². The van der Waals surface area contributed by atoms with Gasteiger partial charge in [-0.3, -0.25) is 38.4 Å². The number of thiazole rings is 1. The number of methoxy groups -OCH3 is 2. The first-order valence-electron chi connectivity index (χ1n) is 39.5. The van der Waals surface area contributed by atoms with Gasteiger partial charge in [-0.25, -0.2) is 24.5 Å². The SMILES string of the molecule is CC[C@H](C)[C@@H]([C@@H](CC(=O)N1CCC[C@H]1[C@H](OC)[C@@H](C)C(=O)C[C@@H](Cc1ccccc1)c1nccs1)OC)N(C)C(=O)[C@@H](CC(=O)C(C)(C)NC(=O)OCc1ccc(NC(=O)[C@H](CCCNC(N)=O)CC(=O)[C@@H](NC(=O)CCOCCOCCOCCOCCOCCOCCNC(=O)c2cnc(SC)cn2)C(C)C)cc1)C(C)C. The Morgan fingerprint density at radius 2 is 1.34 bits per heavy atom. The number of carbonyl (C=O) groups excluding carboxylic acids is 10. The number of likely N-dealkylation sites (N-methyl/N-ethyl adjacent to an activating group) is 1. The Kier molecular flexibility index (Phi) is 44.6. The zero-order chi connectivity index (χ0) is 83.5. The van der Waals surface area contributed by atoms with Gasteiger partial charge in [-0.05, 0) is 93.2 Å². The molecule has 1 saturated heterocycles. The quantitative estimate of drug-likeness (QED) is 0.0177. The molecule has 2 aromatic carbocycles. The van der Waals surface area contributed by atoms with E-state index in [4.69, 9.17) is 48.4 Å². The molecule has 0 spiro atoms. The van der Waals surface area contributed by atoms with Crippen LogP contribution < -0.4 is 32.3 Å². The fourth-order valence-electron chi connectivity index (χ4n) is 13.5. The second-order valence-electron chi connectivity index (χ2n) is 29.7. The van der Waals surface area contributed by atoms with Crippen LogP contribution in [0.5, 0.6) is 0 Å². The van der Waals surface area contributed by atoms with Crippen LogP contribution in [-0.2, 0) is 89.2 Å². The van der Waals surface area contributed by atoms with Crippen LogP contribution in [0.2, 0.25) is 0 Å². The fraction of sp³-hybridized carbons (Fsp3) is 0.646. The van der Waals surface area contributed by atoms with Crippen molar-refractivity contribution in [2.75, 3.05) is 132 Å². The van der Waals surface area contributed by atoms with Gasteiger partial charge in [0, 0.05) is 108 Å². The van der Waals surface area contributed by atoms with Crippen molar-refractivity contribution in [3.63, 3.8) is 0 Å². The summed E-state index contributed by atoms with van der Waals surface area (Å²) in [6, 6.07) is 13.9. The number of nitrogens with one attached hydrogen (secondary N) is 5. The second kappa shape index (κ2) is 52.6. The number of aromatic nitrogens is 3. The summed E-state index contributed by atoms with van der Waals surface area (Å²) in [6.07, 6.45) is 7.40. The third-order valence-electron chi connectivity index (χ3n) is 20.3. The van der Waals surface area contributed by atoms with Gasteiger partial charge < -0.3 is 84.7 Å². The number of thioether (sulfide) groups is 1. The Labute approximate surface area is 680 Å². The first-order chi connectivity index (χ1) is 54.6. The van der Waals surface area contributed by atoms with Gasteiger partial charge in [0.2, 0.25) is 23.6 Å². The van der Waals surface area contributed by atoms with Gasteiger partial charge in [-0.15, -0.1) is 23.1 Å². The van der Waals surface area contributed by atoms with Crippen molar-refractivity contribution in [2.45, 2.75) is 186 Å². The van der Waals surface area contributed by atoms with E-state index in [1.807, 2.05) is 69.4 Å². The van der Waals surface area contributed by atoms with Crippen molar-refractivity contribution >= 4 is 87.8 Å². The van der Waals surface area contributed by atoms with Crippen LogP contribution in [0.3, 0.4) is 0 Å². The standard InChI is InChI=1S/C82H125N11O19S2/c1-14-56(6)74(68(104-11)50-72(98)93-32-19-23-65(93)75(105-12)57(7)66(94)48-61(78-85-31-45-114-78)46-58-20-16-15-17-21-58)92(10)79(101)63(54(2)3)49-69(96)82(8,9)91-81(103)112-53-59-24-26-62(27-25-59)89-76(99)60(22-18-29-86-80(83)102)47-67(95)73(55(4)5)90-70(97)28-33-106-35-37-108-39-41-110-43-44-111-42-40-109-38-36-107-34-30-84-77(100)64-51-88-71(113-13)52-87-64/h15-17,20-21,24-27,31,45,51-52,54-57,60-61,63,65,68,73-75H,14,18-19,22-23,28-30,32-44,46-50,53H2,1-13H3,(H,84,100)(H,89,99)(H,90,97)(H,91,103)(H3,83,86,102)/t56-,57-,60+,61+,63-,65-,68+,73-,74-,75+/m0/s1. The zero-order valence-corrected chi connectivity index (χ0v) is 70.5. The van der Waals surface area contributed by atoms with Crippen molar-refractivity contribution in [3.8, 4) is 0 Å². The normalized spacial score (nSPS) is 15.4. The molecule has 32 heteroatoms.